The minimum atomic E-state index is -0.596. The molecule has 4 rings (SSSR count). The summed E-state index contributed by atoms with van der Waals surface area (Å²) in [6.07, 6.45) is -0.694. The summed E-state index contributed by atoms with van der Waals surface area (Å²) < 4.78 is 12.3. The first-order valence-electron chi connectivity index (χ1n) is 12.3. The van der Waals surface area contributed by atoms with Crippen LogP contribution < -0.4 is 21.7 Å². The van der Waals surface area contributed by atoms with Crippen molar-refractivity contribution in [1.82, 2.24) is 25.0 Å². The zero-order valence-corrected chi connectivity index (χ0v) is 22.2. The van der Waals surface area contributed by atoms with Gasteiger partial charge in [-0.15, -0.1) is 9.78 Å². The fourth-order valence-electron chi connectivity index (χ4n) is 3.81. The number of hydrogen-bond acceptors (Lipinski definition) is 9. The monoisotopic (exact) mass is 536 g/mol. The lowest BCUT2D eigenvalue weighted by Gasteiger charge is -2.34. The molecule has 0 aliphatic carbocycles. The van der Waals surface area contributed by atoms with Gasteiger partial charge >= 0.3 is 12.1 Å². The Morgan fingerprint density at radius 1 is 1.05 bits per heavy atom. The molecule has 0 bridgehead atoms. The van der Waals surface area contributed by atoms with Gasteiger partial charge in [0, 0.05) is 30.5 Å². The van der Waals surface area contributed by atoms with E-state index in [2.05, 4.69) is 26.0 Å². The van der Waals surface area contributed by atoms with Crippen LogP contribution >= 0.6 is 0 Å². The lowest BCUT2D eigenvalue weighted by atomic mass is 10.1. The fraction of sp³-hybridized carbons (Fsp3) is 0.346. The van der Waals surface area contributed by atoms with Gasteiger partial charge in [0.15, 0.2) is 0 Å². The van der Waals surface area contributed by atoms with E-state index in [1.165, 1.54) is 0 Å². The van der Waals surface area contributed by atoms with Crippen LogP contribution in [-0.4, -0.2) is 70.0 Å². The zero-order valence-electron chi connectivity index (χ0n) is 22.2. The number of carbonyl (C=O) groups excluding carboxylic acids is 3. The third kappa shape index (κ3) is 7.02. The minimum absolute atomic E-state index is 0.105. The highest BCUT2D eigenvalue weighted by molar-refractivity contribution is 5.94. The van der Waals surface area contributed by atoms with E-state index in [4.69, 9.17) is 15.2 Å². The summed E-state index contributed by atoms with van der Waals surface area (Å²) in [5, 5.41) is 12.4. The Hall–Kier alpha value is -4.65. The van der Waals surface area contributed by atoms with Crippen molar-refractivity contribution in [3.63, 3.8) is 0 Å². The number of morpholine rings is 1. The van der Waals surface area contributed by atoms with E-state index < -0.39 is 11.6 Å². The van der Waals surface area contributed by atoms with Gasteiger partial charge in [-0.1, -0.05) is 12.1 Å². The van der Waals surface area contributed by atoms with E-state index >= 15 is 0 Å². The predicted molar refractivity (Wildman–Crippen MR) is 145 cm³/mol. The molecule has 1 aromatic heterocycles. The van der Waals surface area contributed by atoms with E-state index in [-0.39, 0.29) is 30.0 Å². The lowest BCUT2D eigenvalue weighted by Crippen LogP contribution is -2.44. The van der Waals surface area contributed by atoms with Crippen molar-refractivity contribution in [3.8, 4) is 0 Å². The van der Waals surface area contributed by atoms with Gasteiger partial charge in [0.05, 0.1) is 13.2 Å². The molecular formula is C26H32N8O5. The molecule has 39 heavy (non-hydrogen) atoms. The number of benzene rings is 2. The van der Waals surface area contributed by atoms with E-state index in [0.29, 0.717) is 36.6 Å². The molecule has 1 atom stereocenters. The zero-order chi connectivity index (χ0) is 28.2. The minimum Gasteiger partial charge on any atom is -0.444 e. The lowest BCUT2D eigenvalue weighted by molar-refractivity contribution is -0.0432. The van der Waals surface area contributed by atoms with Crippen molar-refractivity contribution < 1.29 is 23.9 Å². The van der Waals surface area contributed by atoms with Gasteiger partial charge in [-0.05, 0) is 62.7 Å². The van der Waals surface area contributed by atoms with Crippen LogP contribution in [0.15, 0.2) is 48.5 Å². The van der Waals surface area contributed by atoms with Gasteiger partial charge in [-0.3, -0.25) is 4.79 Å². The molecule has 0 radical (unpaired) electrons. The molecule has 1 aliphatic heterocycles. The Kier molecular flexibility index (Phi) is 8.00. The van der Waals surface area contributed by atoms with Gasteiger partial charge in [0.2, 0.25) is 11.9 Å². The first-order chi connectivity index (χ1) is 18.5. The molecule has 1 saturated heterocycles. The highest BCUT2D eigenvalue weighted by Gasteiger charge is 2.29. The van der Waals surface area contributed by atoms with Crippen LogP contribution in [0.5, 0.6) is 0 Å². The molecule has 3 amide bonds. The number of nitrogens with zero attached hydrogens (tertiary/aromatic N) is 4. The average Bonchev–Trinajstić information content (AvgIpc) is 3.28. The van der Waals surface area contributed by atoms with Crippen LogP contribution in [0.2, 0.25) is 0 Å². The number of nitrogens with two attached hydrogens (primary N) is 1. The number of nitrogen functional groups attached to an aromatic ring is 1. The smallest absolute Gasteiger partial charge is 0.410 e. The van der Waals surface area contributed by atoms with Gasteiger partial charge in [0.25, 0.3) is 5.91 Å². The van der Waals surface area contributed by atoms with Crippen molar-refractivity contribution in [2.45, 2.75) is 32.5 Å². The summed E-state index contributed by atoms with van der Waals surface area (Å²) in [5.41, 5.74) is 7.82. The molecule has 13 heteroatoms. The SMILES string of the molecule is CNC(=O)c1ccc(Nc2nc(N)n(C(=O)Nc3ccc(C4CN(C(=O)OC(C)(C)C)CCO4)cc3)n2)cc1. The van der Waals surface area contributed by atoms with Crippen LogP contribution in [0.4, 0.5) is 32.9 Å². The van der Waals surface area contributed by atoms with Gasteiger partial charge < -0.3 is 36.1 Å². The molecule has 13 nitrogen and oxygen atoms in total. The number of carbonyl (C=O) groups is 3. The molecule has 2 heterocycles. The maximum Gasteiger partial charge on any atom is 0.410 e. The van der Waals surface area contributed by atoms with Crippen LogP contribution in [0.3, 0.4) is 0 Å². The van der Waals surface area contributed by atoms with Crippen LogP contribution in [-0.2, 0) is 9.47 Å². The highest BCUT2D eigenvalue weighted by Crippen LogP contribution is 2.25. The van der Waals surface area contributed by atoms with Crippen molar-refractivity contribution >= 4 is 41.3 Å². The average molecular weight is 537 g/mol. The fourth-order valence-corrected chi connectivity index (χ4v) is 3.81. The number of amides is 3. The Morgan fingerprint density at radius 3 is 2.36 bits per heavy atom. The first kappa shape index (κ1) is 27.4. The number of anilines is 4. The Balaban J connectivity index is 1.36. The van der Waals surface area contributed by atoms with E-state index in [9.17, 15) is 14.4 Å². The van der Waals surface area contributed by atoms with Crippen molar-refractivity contribution in [3.05, 3.63) is 59.7 Å². The number of rotatable bonds is 5. The summed E-state index contributed by atoms with van der Waals surface area (Å²) >= 11 is 0. The Morgan fingerprint density at radius 2 is 1.72 bits per heavy atom. The standard InChI is InChI=1S/C26H32N8O5/c1-26(2,3)39-25(37)33-13-14-38-20(15-33)16-5-9-19(10-6-16)30-24(36)34-22(27)31-23(32-34)29-18-11-7-17(8-12-18)21(35)28-4/h5-12,20H,13-15H2,1-4H3,(H,28,35)(H,30,36)(H3,27,29,31,32). The molecule has 206 valence electrons. The predicted octanol–water partition coefficient (Wildman–Crippen LogP) is 3.35. The highest BCUT2D eigenvalue weighted by atomic mass is 16.6. The molecule has 5 N–H and O–H groups in total. The maximum atomic E-state index is 12.8. The summed E-state index contributed by atoms with van der Waals surface area (Å²) in [4.78, 5) is 42.6. The quantitative estimate of drug-likeness (QED) is 0.382. The van der Waals surface area contributed by atoms with Gasteiger partial charge in [-0.2, -0.15) is 4.98 Å². The molecule has 0 saturated carbocycles. The van der Waals surface area contributed by atoms with E-state index in [1.807, 2.05) is 32.9 Å². The van der Waals surface area contributed by atoms with Crippen LogP contribution in [0.1, 0.15) is 42.8 Å². The summed E-state index contributed by atoms with van der Waals surface area (Å²) in [5.74, 6) is -0.187. The third-order valence-corrected chi connectivity index (χ3v) is 5.71. The van der Waals surface area contributed by atoms with Gasteiger partial charge in [-0.25, -0.2) is 9.59 Å². The maximum absolute atomic E-state index is 12.8. The van der Waals surface area contributed by atoms with Gasteiger partial charge in [0.1, 0.15) is 11.7 Å². The molecule has 3 aromatic rings. The topological polar surface area (TPSA) is 166 Å². The van der Waals surface area contributed by atoms with Crippen LogP contribution in [0, 0.1) is 0 Å². The van der Waals surface area contributed by atoms with E-state index in [1.54, 1.807) is 48.3 Å². The Bertz CT molecular complexity index is 1330. The summed E-state index contributed by atoms with van der Waals surface area (Å²) in [6, 6.07) is 13.2. The number of hydrogen-bond donors (Lipinski definition) is 4. The second-order valence-corrected chi connectivity index (χ2v) is 9.82. The molecule has 0 spiro atoms. The third-order valence-electron chi connectivity index (χ3n) is 5.71. The van der Waals surface area contributed by atoms with E-state index in [0.717, 1.165) is 10.2 Å². The molecule has 2 aromatic carbocycles. The largest absolute Gasteiger partial charge is 0.444 e. The molecule has 1 fully saturated rings. The van der Waals surface area contributed by atoms with Crippen molar-refractivity contribution in [2.24, 2.45) is 0 Å². The van der Waals surface area contributed by atoms with Crippen molar-refractivity contribution in [2.75, 3.05) is 43.1 Å². The summed E-state index contributed by atoms with van der Waals surface area (Å²) in [7, 11) is 1.56. The van der Waals surface area contributed by atoms with Crippen molar-refractivity contribution in [1.29, 1.82) is 0 Å². The number of aromatic nitrogens is 3. The molecular weight excluding hydrogens is 504 g/mol. The second-order valence-electron chi connectivity index (χ2n) is 9.82. The number of nitrogens with one attached hydrogen (secondary N) is 3. The van der Waals surface area contributed by atoms with Crippen LogP contribution in [0.25, 0.3) is 0 Å². The first-order valence-corrected chi connectivity index (χ1v) is 12.3. The molecule has 1 aliphatic rings. The number of ether oxygens (including phenoxy) is 2. The normalized spacial score (nSPS) is 15.4. The molecule has 1 unspecified atom stereocenters. The summed E-state index contributed by atoms with van der Waals surface area (Å²) in [6.45, 7) is 6.69. The Labute approximate surface area is 225 Å². The second kappa shape index (κ2) is 11.4.